The number of halogens is 2. The van der Waals surface area contributed by atoms with Gasteiger partial charge in [0, 0.05) is 16.5 Å². The fourth-order valence-electron chi connectivity index (χ4n) is 3.14. The highest BCUT2D eigenvalue weighted by Crippen LogP contribution is 2.31. The molecule has 0 fully saturated rings. The summed E-state index contributed by atoms with van der Waals surface area (Å²) in [5.41, 5.74) is 3.23. The van der Waals surface area contributed by atoms with Gasteiger partial charge in [0.2, 0.25) is 5.91 Å². The van der Waals surface area contributed by atoms with Crippen molar-refractivity contribution in [2.75, 3.05) is 12.4 Å². The topological polar surface area (TPSA) is 68.5 Å². The van der Waals surface area contributed by atoms with Gasteiger partial charge in [0.05, 0.1) is 28.6 Å². The first-order valence-corrected chi connectivity index (χ1v) is 10.8. The first-order chi connectivity index (χ1) is 14.4. The van der Waals surface area contributed by atoms with Crippen LogP contribution in [0.15, 0.2) is 47.6 Å². The van der Waals surface area contributed by atoms with Gasteiger partial charge in [-0.3, -0.25) is 9.20 Å². The summed E-state index contributed by atoms with van der Waals surface area (Å²) >= 11 is 13.4. The van der Waals surface area contributed by atoms with Gasteiger partial charge in [-0.1, -0.05) is 35.0 Å². The molecule has 4 aromatic rings. The van der Waals surface area contributed by atoms with E-state index in [4.69, 9.17) is 27.9 Å². The van der Waals surface area contributed by atoms with Crippen LogP contribution >= 0.6 is 35.0 Å². The predicted octanol–water partition coefficient (Wildman–Crippen LogP) is 5.63. The van der Waals surface area contributed by atoms with Crippen molar-refractivity contribution in [1.82, 2.24) is 14.6 Å². The second kappa shape index (κ2) is 8.34. The van der Waals surface area contributed by atoms with E-state index in [1.807, 2.05) is 42.5 Å². The number of rotatable bonds is 5. The number of methoxy groups -OCH3 is 1. The largest absolute Gasteiger partial charge is 0.497 e. The predicted molar refractivity (Wildman–Crippen MR) is 122 cm³/mol. The minimum absolute atomic E-state index is 0.199. The van der Waals surface area contributed by atoms with E-state index in [-0.39, 0.29) is 5.91 Å². The van der Waals surface area contributed by atoms with Crippen LogP contribution in [0.2, 0.25) is 10.0 Å². The molecule has 0 radical (unpaired) electrons. The third-order valence-electron chi connectivity index (χ3n) is 4.72. The molecule has 4 rings (SSSR count). The lowest BCUT2D eigenvalue weighted by Crippen LogP contribution is -2.22. The number of ether oxygens (including phenoxy) is 1. The van der Waals surface area contributed by atoms with E-state index in [0.29, 0.717) is 26.5 Å². The first-order valence-electron chi connectivity index (χ1n) is 9.12. The van der Waals surface area contributed by atoms with Gasteiger partial charge in [0.25, 0.3) is 0 Å². The van der Waals surface area contributed by atoms with Crippen molar-refractivity contribution < 1.29 is 9.53 Å². The molecule has 1 atom stereocenters. The molecule has 2 aromatic heterocycles. The molecule has 0 saturated carbocycles. The van der Waals surface area contributed by atoms with E-state index in [2.05, 4.69) is 15.5 Å². The minimum Gasteiger partial charge on any atom is -0.497 e. The number of amides is 1. The van der Waals surface area contributed by atoms with Gasteiger partial charge in [0.1, 0.15) is 5.75 Å². The van der Waals surface area contributed by atoms with Gasteiger partial charge in [-0.25, -0.2) is 0 Å². The summed E-state index contributed by atoms with van der Waals surface area (Å²) in [6.07, 6.45) is 0. The lowest BCUT2D eigenvalue weighted by atomic mass is 10.1. The first kappa shape index (κ1) is 20.8. The van der Waals surface area contributed by atoms with Crippen molar-refractivity contribution >= 4 is 63.1 Å². The number of nitrogens with one attached hydrogen (secondary N) is 1. The Morgan fingerprint density at radius 1 is 1.17 bits per heavy atom. The number of aromatic nitrogens is 3. The Labute approximate surface area is 187 Å². The summed E-state index contributed by atoms with van der Waals surface area (Å²) < 4.78 is 7.32. The second-order valence-electron chi connectivity index (χ2n) is 6.76. The summed E-state index contributed by atoms with van der Waals surface area (Å²) in [6.45, 7) is 3.84. The van der Waals surface area contributed by atoms with E-state index in [9.17, 15) is 4.79 Å². The Morgan fingerprint density at radius 3 is 2.70 bits per heavy atom. The normalized spacial score (nSPS) is 12.3. The van der Waals surface area contributed by atoms with Crippen molar-refractivity contribution in [3.05, 3.63) is 58.1 Å². The maximum absolute atomic E-state index is 12.7. The molecule has 2 heterocycles. The molecule has 0 aliphatic heterocycles. The highest BCUT2D eigenvalue weighted by molar-refractivity contribution is 8.00. The Hall–Kier alpha value is -2.48. The van der Waals surface area contributed by atoms with E-state index in [0.717, 1.165) is 22.2 Å². The van der Waals surface area contributed by atoms with Crippen LogP contribution in [0.5, 0.6) is 5.75 Å². The number of hydrogen-bond donors (Lipinski definition) is 1. The van der Waals surface area contributed by atoms with Crippen LogP contribution in [0, 0.1) is 6.92 Å². The molecular weight excluding hydrogens is 443 g/mol. The Bertz CT molecular complexity index is 1280. The average Bonchev–Trinajstić information content (AvgIpc) is 3.12. The van der Waals surface area contributed by atoms with E-state index < -0.39 is 5.25 Å². The lowest BCUT2D eigenvalue weighted by molar-refractivity contribution is -0.115. The Morgan fingerprint density at radius 2 is 1.97 bits per heavy atom. The highest BCUT2D eigenvalue weighted by atomic mass is 35.5. The number of hydrogen-bond acceptors (Lipinski definition) is 5. The van der Waals surface area contributed by atoms with Crippen LogP contribution in [0.3, 0.4) is 0 Å². The number of aryl methyl sites for hydroxylation is 1. The molecule has 0 aliphatic carbocycles. The van der Waals surface area contributed by atoms with Crippen LogP contribution in [0.1, 0.15) is 12.5 Å². The van der Waals surface area contributed by atoms with Gasteiger partial charge in [-0.05, 0) is 55.8 Å². The number of fused-ring (bicyclic) bond motifs is 3. The minimum atomic E-state index is -0.439. The maximum Gasteiger partial charge on any atom is 0.237 e. The zero-order chi connectivity index (χ0) is 21.4. The molecule has 0 saturated heterocycles. The number of carbonyl (C=O) groups is 1. The number of thioether (sulfide) groups is 1. The van der Waals surface area contributed by atoms with Gasteiger partial charge >= 0.3 is 0 Å². The SMILES string of the molecule is COc1ccc2c(C)cc3nnc(SC(C)C(=O)Nc4ccc(Cl)cc4Cl)n3c2c1. The van der Waals surface area contributed by atoms with E-state index in [1.165, 1.54) is 11.8 Å². The van der Waals surface area contributed by atoms with Crippen LogP contribution < -0.4 is 10.1 Å². The molecular formula is C21H18Cl2N4O2S. The quantitative estimate of drug-likeness (QED) is 0.391. The van der Waals surface area contributed by atoms with Gasteiger partial charge in [-0.2, -0.15) is 0 Å². The fourth-order valence-corrected chi connectivity index (χ4v) is 4.47. The molecule has 154 valence electrons. The third-order valence-corrected chi connectivity index (χ3v) is 6.31. The molecule has 1 unspecified atom stereocenters. The van der Waals surface area contributed by atoms with Gasteiger partial charge in [-0.15, -0.1) is 10.2 Å². The summed E-state index contributed by atoms with van der Waals surface area (Å²) in [4.78, 5) is 12.7. The zero-order valence-electron chi connectivity index (χ0n) is 16.4. The number of carbonyl (C=O) groups excluding carboxylic acids is 1. The molecule has 9 heteroatoms. The Balaban J connectivity index is 1.66. The average molecular weight is 461 g/mol. The third kappa shape index (κ3) is 3.93. The monoisotopic (exact) mass is 460 g/mol. The standard InChI is InChI=1S/C21H18Cl2N4O2S/c1-11-8-19-25-26-21(27(19)18-10-14(29-3)5-6-15(11)18)30-12(2)20(28)24-17-7-4-13(22)9-16(17)23/h4-10,12H,1-3H3,(H,24,28). The van der Waals surface area contributed by atoms with Crippen LogP contribution in [-0.2, 0) is 4.79 Å². The van der Waals surface area contributed by atoms with Crippen molar-refractivity contribution in [2.24, 2.45) is 0 Å². The van der Waals surface area contributed by atoms with Crippen LogP contribution in [0.25, 0.3) is 16.6 Å². The molecule has 0 bridgehead atoms. The molecule has 6 nitrogen and oxygen atoms in total. The van der Waals surface area contributed by atoms with Crippen molar-refractivity contribution in [3.8, 4) is 5.75 Å². The molecule has 0 spiro atoms. The molecule has 2 aromatic carbocycles. The van der Waals surface area contributed by atoms with Crippen molar-refractivity contribution in [1.29, 1.82) is 0 Å². The van der Waals surface area contributed by atoms with Crippen LogP contribution in [0.4, 0.5) is 5.69 Å². The summed E-state index contributed by atoms with van der Waals surface area (Å²) in [6, 6.07) is 12.8. The fraction of sp³-hybridized carbons (Fsp3) is 0.190. The molecule has 1 N–H and O–H groups in total. The van der Waals surface area contributed by atoms with E-state index in [1.54, 1.807) is 25.3 Å². The van der Waals surface area contributed by atoms with Crippen LogP contribution in [-0.4, -0.2) is 32.9 Å². The maximum atomic E-state index is 12.7. The van der Waals surface area contributed by atoms with E-state index >= 15 is 0 Å². The lowest BCUT2D eigenvalue weighted by Gasteiger charge is -2.13. The molecule has 1 amide bonds. The number of pyridine rings is 1. The number of nitrogens with zero attached hydrogens (tertiary/aromatic N) is 3. The highest BCUT2D eigenvalue weighted by Gasteiger charge is 2.20. The van der Waals surface area contributed by atoms with Gasteiger partial charge in [0.15, 0.2) is 10.8 Å². The summed E-state index contributed by atoms with van der Waals surface area (Å²) in [5, 5.41) is 13.6. The van der Waals surface area contributed by atoms with Crippen molar-refractivity contribution in [2.45, 2.75) is 24.3 Å². The number of benzene rings is 2. The zero-order valence-corrected chi connectivity index (χ0v) is 18.8. The summed E-state index contributed by atoms with van der Waals surface area (Å²) in [7, 11) is 1.63. The van der Waals surface area contributed by atoms with Crippen molar-refractivity contribution in [3.63, 3.8) is 0 Å². The Kier molecular flexibility index (Phi) is 5.77. The smallest absolute Gasteiger partial charge is 0.237 e. The summed E-state index contributed by atoms with van der Waals surface area (Å²) in [5.74, 6) is 0.539. The van der Waals surface area contributed by atoms with Gasteiger partial charge < -0.3 is 10.1 Å². The molecule has 30 heavy (non-hydrogen) atoms. The second-order valence-corrected chi connectivity index (χ2v) is 8.91. The number of anilines is 1. The molecule has 0 aliphatic rings.